The van der Waals surface area contributed by atoms with E-state index in [1.54, 1.807) is 10.6 Å². The fourth-order valence-corrected chi connectivity index (χ4v) is 19.3. The zero-order chi connectivity index (χ0) is 31.2. The molecule has 230 valence electrons. The molecule has 0 aromatic heterocycles. The Morgan fingerprint density at radius 3 is 0.717 bits per heavy atom. The number of hydrogen-bond acceptors (Lipinski definition) is 0. The molecule has 0 saturated carbocycles. The summed E-state index contributed by atoms with van der Waals surface area (Å²) in [6.45, 7) is 0. The van der Waals surface area contributed by atoms with E-state index in [1.165, 1.54) is 58.2 Å². The molecule has 6 rings (SSSR count). The van der Waals surface area contributed by atoms with Crippen LogP contribution in [0.15, 0.2) is 182 Å². The molecule has 0 nitrogen and oxygen atoms in total. The van der Waals surface area contributed by atoms with Gasteiger partial charge in [-0.25, -0.2) is 0 Å². The molecule has 0 spiro atoms. The van der Waals surface area contributed by atoms with Crippen molar-refractivity contribution in [3.05, 3.63) is 182 Å². The van der Waals surface area contributed by atoms with Crippen LogP contribution in [0.5, 0.6) is 0 Å². The predicted octanol–water partition coefficient (Wildman–Crippen LogP) is 9.56. The summed E-state index contributed by atoms with van der Waals surface area (Å²) in [6.07, 6.45) is 5.16. The van der Waals surface area contributed by atoms with Gasteiger partial charge in [0, 0.05) is 11.8 Å². The molecule has 46 heavy (non-hydrogen) atoms. The lowest BCUT2D eigenvalue weighted by Gasteiger charge is -2.27. The first kappa shape index (κ1) is 33.0. The van der Waals surface area contributed by atoms with Crippen LogP contribution in [0.2, 0.25) is 0 Å². The highest BCUT2D eigenvalue weighted by Crippen LogP contribution is 2.52. The van der Waals surface area contributed by atoms with Crippen molar-refractivity contribution >= 4 is 63.5 Å². The van der Waals surface area contributed by atoms with Crippen molar-refractivity contribution in [1.29, 1.82) is 0 Å². The van der Waals surface area contributed by atoms with Crippen molar-refractivity contribution in [3.8, 4) is 0 Å². The van der Waals surface area contributed by atoms with Crippen molar-refractivity contribution in [3.63, 3.8) is 0 Å². The highest BCUT2D eigenvalue weighted by atomic mass is 31.2. The molecule has 0 amide bonds. The Bertz CT molecular complexity index is 1470. The predicted molar refractivity (Wildman–Crippen MR) is 213 cm³/mol. The Kier molecular flexibility index (Phi) is 12.8. The third kappa shape index (κ3) is 9.32. The lowest BCUT2D eigenvalue weighted by Crippen LogP contribution is -2.17. The Labute approximate surface area is 281 Å². The maximum atomic E-state index is 2.39. The van der Waals surface area contributed by atoms with E-state index < -0.39 is 15.8 Å². The van der Waals surface area contributed by atoms with Gasteiger partial charge in [-0.05, 0) is 72.8 Å². The summed E-state index contributed by atoms with van der Waals surface area (Å²) in [4.78, 5) is 0. The minimum absolute atomic E-state index is 0.276. The van der Waals surface area contributed by atoms with Gasteiger partial charge in [0.1, 0.15) is 0 Å². The van der Waals surface area contributed by atoms with Gasteiger partial charge < -0.3 is 0 Å². The van der Waals surface area contributed by atoms with Gasteiger partial charge in [-0.2, -0.15) is 0 Å². The van der Waals surface area contributed by atoms with E-state index >= 15 is 0 Å². The van der Waals surface area contributed by atoms with E-state index in [1.807, 2.05) is 0 Å². The fourth-order valence-electron chi connectivity index (χ4n) is 5.84. The number of unbranched alkanes of at least 4 members (excludes halogenated alkanes) is 1. The highest BCUT2D eigenvalue weighted by Gasteiger charge is 2.23. The Balaban J connectivity index is 1.20. The largest absolute Gasteiger partial charge is 0.0703 e. The smallest absolute Gasteiger partial charge is 0.0000324 e. The van der Waals surface area contributed by atoms with Crippen LogP contribution in [0.1, 0.15) is 12.8 Å². The number of hydrogen-bond donors (Lipinski definition) is 0. The highest BCUT2D eigenvalue weighted by molar-refractivity contribution is 7.86. The second-order valence-corrected chi connectivity index (χ2v) is 21.5. The molecule has 0 bridgehead atoms. The molecule has 0 saturated heterocycles. The molecule has 0 fully saturated rings. The van der Waals surface area contributed by atoms with E-state index in [9.17, 15) is 0 Å². The molecule has 0 aliphatic rings. The van der Waals surface area contributed by atoms with E-state index in [0.717, 1.165) is 0 Å². The summed E-state index contributed by atoms with van der Waals surface area (Å²) >= 11 is 0. The van der Waals surface area contributed by atoms with Crippen molar-refractivity contribution in [2.45, 2.75) is 12.8 Å². The van der Waals surface area contributed by atoms with Crippen LogP contribution in [0, 0.1) is 0 Å². The first-order valence-corrected chi connectivity index (χ1v) is 22.7. The van der Waals surface area contributed by atoms with Crippen molar-refractivity contribution in [1.82, 2.24) is 0 Å². The van der Waals surface area contributed by atoms with Crippen molar-refractivity contribution in [2.75, 3.05) is 24.1 Å². The van der Waals surface area contributed by atoms with Crippen LogP contribution >= 0.6 is 31.7 Å². The monoisotopic (exact) mass is 670 g/mol. The van der Waals surface area contributed by atoms with E-state index in [-0.39, 0.29) is 15.8 Å². The molecule has 0 aliphatic heterocycles. The Hall–Kier alpha value is -2.96. The van der Waals surface area contributed by atoms with Crippen LogP contribution in [-0.4, -0.2) is 24.1 Å². The minimum atomic E-state index is -0.411. The van der Waals surface area contributed by atoms with Gasteiger partial charge >= 0.3 is 0 Å². The zero-order valence-electron chi connectivity index (χ0n) is 26.4. The molecular formula is C42H42P4. The van der Waals surface area contributed by atoms with Crippen LogP contribution < -0.4 is 31.8 Å². The number of benzene rings is 6. The van der Waals surface area contributed by atoms with Crippen LogP contribution in [-0.2, 0) is 0 Å². The van der Waals surface area contributed by atoms with E-state index in [4.69, 9.17) is 0 Å². The molecule has 0 heterocycles. The van der Waals surface area contributed by atoms with Crippen LogP contribution in [0.3, 0.4) is 0 Å². The second kappa shape index (κ2) is 17.8. The summed E-state index contributed by atoms with van der Waals surface area (Å²) in [5, 5.41) is 9.09. The molecule has 0 aliphatic carbocycles. The first-order chi connectivity index (χ1) is 22.8. The third-order valence-electron chi connectivity index (χ3n) is 8.24. The average molecular weight is 671 g/mol. The quantitative estimate of drug-likeness (QED) is 0.0755. The summed E-state index contributed by atoms with van der Waals surface area (Å²) in [7, 11) is -1.38. The SMILES string of the molecule is c1ccc(P(CCCCP(CP(c2ccccc2)c2ccccc2)c2ccccc2)CP(c2ccccc2)c2ccccc2)cc1. The summed E-state index contributed by atoms with van der Waals surface area (Å²) in [5.74, 6) is 2.51. The topological polar surface area (TPSA) is 0 Å². The summed E-state index contributed by atoms with van der Waals surface area (Å²) < 4.78 is 0. The summed E-state index contributed by atoms with van der Waals surface area (Å²) in [6, 6.07) is 67.9. The van der Waals surface area contributed by atoms with Gasteiger partial charge in [0.15, 0.2) is 0 Å². The minimum Gasteiger partial charge on any atom is -0.0703 e. The molecule has 2 unspecified atom stereocenters. The third-order valence-corrected chi connectivity index (χ3v) is 20.7. The lowest BCUT2D eigenvalue weighted by atomic mass is 10.4. The second-order valence-electron chi connectivity index (χ2n) is 11.4. The maximum absolute atomic E-state index is 2.39. The molecule has 4 heteroatoms. The van der Waals surface area contributed by atoms with Crippen molar-refractivity contribution < 1.29 is 0 Å². The molecular weight excluding hydrogens is 628 g/mol. The molecule has 6 aromatic carbocycles. The van der Waals surface area contributed by atoms with E-state index in [0.29, 0.717) is 0 Å². The van der Waals surface area contributed by atoms with Gasteiger partial charge in [-0.3, -0.25) is 0 Å². The fraction of sp³-hybridized carbons (Fsp3) is 0.143. The van der Waals surface area contributed by atoms with Crippen LogP contribution in [0.4, 0.5) is 0 Å². The normalized spacial score (nSPS) is 12.7. The molecule has 2 atom stereocenters. The average Bonchev–Trinajstić information content (AvgIpc) is 3.15. The van der Waals surface area contributed by atoms with Gasteiger partial charge in [0.25, 0.3) is 0 Å². The van der Waals surface area contributed by atoms with Gasteiger partial charge in [-0.1, -0.05) is 198 Å². The van der Waals surface area contributed by atoms with Gasteiger partial charge in [0.05, 0.1) is 0 Å². The Morgan fingerprint density at radius 2 is 0.478 bits per heavy atom. The Morgan fingerprint density at radius 1 is 0.261 bits per heavy atom. The van der Waals surface area contributed by atoms with Gasteiger partial charge in [-0.15, -0.1) is 0 Å². The molecule has 0 radical (unpaired) electrons. The van der Waals surface area contributed by atoms with Gasteiger partial charge in [0.2, 0.25) is 0 Å². The zero-order valence-corrected chi connectivity index (χ0v) is 29.9. The van der Waals surface area contributed by atoms with Crippen LogP contribution in [0.25, 0.3) is 0 Å². The van der Waals surface area contributed by atoms with Crippen molar-refractivity contribution in [2.24, 2.45) is 0 Å². The standard InChI is InChI=1S/C42H42P4/c1-7-21-37(22-8-1)43(35-45(39-25-11-3-12-26-39)40-27-13-4-14-28-40)33-19-20-34-44(38-23-9-2-10-24-38)36-46(41-29-15-5-16-30-41)42-31-17-6-18-32-42/h1-18,21-32H,19-20,33-36H2. The maximum Gasteiger partial charge on any atom is 0.0000324 e. The lowest BCUT2D eigenvalue weighted by molar-refractivity contribution is 0.900. The summed E-state index contributed by atoms with van der Waals surface area (Å²) in [5.41, 5.74) is 0. The first-order valence-electron chi connectivity index (χ1n) is 16.2. The molecule has 6 aromatic rings. The van der Waals surface area contributed by atoms with E-state index in [2.05, 4.69) is 182 Å². The molecule has 0 N–H and O–H groups in total. The number of rotatable bonds is 15.